The van der Waals surface area contributed by atoms with Crippen molar-refractivity contribution in [2.75, 3.05) is 43.0 Å². The third kappa shape index (κ3) is 4.52. The first kappa shape index (κ1) is 22.4. The van der Waals surface area contributed by atoms with Gasteiger partial charge in [0.1, 0.15) is 17.0 Å². The average Bonchev–Trinajstić information content (AvgIpc) is 3.27. The average molecular weight is 472 g/mol. The summed E-state index contributed by atoms with van der Waals surface area (Å²) in [5, 5.41) is 3.57. The number of benzene rings is 2. The molecule has 35 heavy (non-hydrogen) atoms. The van der Waals surface area contributed by atoms with Crippen LogP contribution in [0.15, 0.2) is 71.4 Å². The van der Waals surface area contributed by atoms with Gasteiger partial charge in [-0.1, -0.05) is 24.3 Å². The molecular weight excluding hydrogens is 446 g/mol. The van der Waals surface area contributed by atoms with Crippen LogP contribution in [-0.2, 0) is 0 Å². The maximum absolute atomic E-state index is 13.5. The largest absolute Gasteiger partial charge is 0.493 e. The number of para-hydroxylation sites is 2. The number of anilines is 2. The van der Waals surface area contributed by atoms with Crippen molar-refractivity contribution in [2.24, 2.45) is 0 Å². The number of ether oxygens (including phenoxy) is 1. The predicted octanol–water partition coefficient (Wildman–Crippen LogP) is 3.84. The number of rotatable bonds is 6. The van der Waals surface area contributed by atoms with Gasteiger partial charge >= 0.3 is 0 Å². The molecule has 2 aromatic carbocycles. The molecule has 1 N–H and O–H groups in total. The molecule has 0 unspecified atom stereocenters. The number of carbonyl (C=O) groups excluding carboxylic acids is 2. The Labute approximate surface area is 202 Å². The summed E-state index contributed by atoms with van der Waals surface area (Å²) in [6, 6.07) is 16.1. The fraction of sp³-hybridized carbons (Fsp3) is 0.231. The Kier molecular flexibility index (Phi) is 6.30. The van der Waals surface area contributed by atoms with Crippen LogP contribution in [0.1, 0.15) is 27.8 Å². The summed E-state index contributed by atoms with van der Waals surface area (Å²) in [5.74, 6) is 0.582. The van der Waals surface area contributed by atoms with Crippen LogP contribution in [-0.4, -0.2) is 59.5 Å². The molecule has 2 amide bonds. The summed E-state index contributed by atoms with van der Waals surface area (Å²) in [6.45, 7) is 4.45. The SMILES string of the molecule is CCOc1ccccc1C(=O)Nc1c(C(=O)N2CCN(c3ncccn3)CC2)oc2ccccc12. The molecule has 0 aliphatic carbocycles. The summed E-state index contributed by atoms with van der Waals surface area (Å²) < 4.78 is 11.6. The topological polar surface area (TPSA) is 101 Å². The van der Waals surface area contributed by atoms with Gasteiger partial charge in [0.05, 0.1) is 12.2 Å². The van der Waals surface area contributed by atoms with Gasteiger partial charge in [-0.25, -0.2) is 9.97 Å². The Morgan fingerprint density at radius 3 is 2.46 bits per heavy atom. The first-order chi connectivity index (χ1) is 17.2. The van der Waals surface area contributed by atoms with Gasteiger partial charge in [-0.3, -0.25) is 9.59 Å². The molecule has 0 atom stereocenters. The zero-order valence-corrected chi connectivity index (χ0v) is 19.3. The minimum absolute atomic E-state index is 0.109. The van der Waals surface area contributed by atoms with Crippen molar-refractivity contribution in [3.8, 4) is 5.75 Å². The van der Waals surface area contributed by atoms with Crippen LogP contribution in [0, 0.1) is 0 Å². The van der Waals surface area contributed by atoms with E-state index >= 15 is 0 Å². The highest BCUT2D eigenvalue weighted by molar-refractivity contribution is 6.15. The number of nitrogens with zero attached hydrogens (tertiary/aromatic N) is 4. The smallest absolute Gasteiger partial charge is 0.291 e. The Morgan fingerprint density at radius 1 is 0.971 bits per heavy atom. The van der Waals surface area contributed by atoms with Crippen molar-refractivity contribution >= 4 is 34.4 Å². The molecule has 0 bridgehead atoms. The van der Waals surface area contributed by atoms with Crippen LogP contribution >= 0.6 is 0 Å². The molecule has 1 aliphatic rings. The number of amides is 2. The van der Waals surface area contributed by atoms with Crippen molar-refractivity contribution < 1.29 is 18.7 Å². The van der Waals surface area contributed by atoms with E-state index in [4.69, 9.17) is 9.15 Å². The molecule has 2 aromatic heterocycles. The molecule has 178 valence electrons. The molecule has 0 spiro atoms. The zero-order valence-electron chi connectivity index (χ0n) is 19.3. The van der Waals surface area contributed by atoms with Crippen LogP contribution < -0.4 is 15.0 Å². The minimum Gasteiger partial charge on any atom is -0.493 e. The number of fused-ring (bicyclic) bond motifs is 1. The highest BCUT2D eigenvalue weighted by atomic mass is 16.5. The molecule has 3 heterocycles. The highest BCUT2D eigenvalue weighted by Gasteiger charge is 2.30. The third-order valence-electron chi connectivity index (χ3n) is 5.86. The molecule has 1 fully saturated rings. The quantitative estimate of drug-likeness (QED) is 0.456. The van der Waals surface area contributed by atoms with Crippen molar-refractivity contribution in [3.05, 3.63) is 78.3 Å². The van der Waals surface area contributed by atoms with Gasteiger partial charge in [0, 0.05) is 44.0 Å². The van der Waals surface area contributed by atoms with Gasteiger partial charge in [-0.2, -0.15) is 0 Å². The number of carbonyl (C=O) groups is 2. The Morgan fingerprint density at radius 2 is 1.69 bits per heavy atom. The van der Waals surface area contributed by atoms with E-state index in [1.165, 1.54) is 0 Å². The van der Waals surface area contributed by atoms with E-state index in [0.29, 0.717) is 66.7 Å². The molecule has 9 heteroatoms. The summed E-state index contributed by atoms with van der Waals surface area (Å²) in [4.78, 5) is 39.1. The van der Waals surface area contributed by atoms with Crippen molar-refractivity contribution in [3.63, 3.8) is 0 Å². The van der Waals surface area contributed by atoms with Crippen LogP contribution in [0.2, 0.25) is 0 Å². The summed E-state index contributed by atoms with van der Waals surface area (Å²) in [7, 11) is 0. The lowest BCUT2D eigenvalue weighted by atomic mass is 10.1. The van der Waals surface area contributed by atoms with Gasteiger partial charge in [0.2, 0.25) is 11.7 Å². The van der Waals surface area contributed by atoms with E-state index < -0.39 is 0 Å². The van der Waals surface area contributed by atoms with E-state index in [0.717, 1.165) is 0 Å². The molecule has 9 nitrogen and oxygen atoms in total. The van der Waals surface area contributed by atoms with Crippen molar-refractivity contribution in [1.29, 1.82) is 0 Å². The monoisotopic (exact) mass is 471 g/mol. The molecule has 5 rings (SSSR count). The van der Waals surface area contributed by atoms with E-state index in [1.807, 2.05) is 36.1 Å². The Balaban J connectivity index is 1.40. The molecule has 0 saturated carbocycles. The fourth-order valence-electron chi connectivity index (χ4n) is 4.14. The lowest BCUT2D eigenvalue weighted by Gasteiger charge is -2.34. The van der Waals surface area contributed by atoms with Crippen molar-refractivity contribution in [2.45, 2.75) is 6.92 Å². The van der Waals surface area contributed by atoms with E-state index in [9.17, 15) is 9.59 Å². The lowest BCUT2D eigenvalue weighted by molar-refractivity contribution is 0.0718. The summed E-state index contributed by atoms with van der Waals surface area (Å²) >= 11 is 0. The Hall–Kier alpha value is -4.40. The molecule has 0 radical (unpaired) electrons. The second-order valence-corrected chi connectivity index (χ2v) is 8.01. The van der Waals surface area contributed by atoms with Gasteiger partial charge in [0.15, 0.2) is 0 Å². The number of hydrogen-bond donors (Lipinski definition) is 1. The van der Waals surface area contributed by atoms with Gasteiger partial charge in [-0.05, 0) is 37.3 Å². The van der Waals surface area contributed by atoms with Gasteiger partial charge in [-0.15, -0.1) is 0 Å². The summed E-state index contributed by atoms with van der Waals surface area (Å²) in [6.07, 6.45) is 3.40. The third-order valence-corrected chi connectivity index (χ3v) is 5.86. The summed E-state index contributed by atoms with van der Waals surface area (Å²) in [5.41, 5.74) is 1.27. The van der Waals surface area contributed by atoms with E-state index in [-0.39, 0.29) is 17.6 Å². The molecule has 4 aromatic rings. The van der Waals surface area contributed by atoms with Crippen LogP contribution in [0.5, 0.6) is 5.75 Å². The number of aromatic nitrogens is 2. The minimum atomic E-state index is -0.374. The zero-order chi connectivity index (χ0) is 24.2. The fourth-order valence-corrected chi connectivity index (χ4v) is 4.14. The van der Waals surface area contributed by atoms with Gasteiger partial charge in [0.25, 0.3) is 11.8 Å². The lowest BCUT2D eigenvalue weighted by Crippen LogP contribution is -2.49. The predicted molar refractivity (Wildman–Crippen MR) is 132 cm³/mol. The van der Waals surface area contributed by atoms with Crippen LogP contribution in [0.3, 0.4) is 0 Å². The highest BCUT2D eigenvalue weighted by Crippen LogP contribution is 2.33. The normalized spacial score (nSPS) is 13.6. The Bertz CT molecular complexity index is 1350. The van der Waals surface area contributed by atoms with Crippen molar-refractivity contribution in [1.82, 2.24) is 14.9 Å². The first-order valence-corrected chi connectivity index (χ1v) is 11.5. The maximum Gasteiger partial charge on any atom is 0.291 e. The molecule has 1 aliphatic heterocycles. The molecule has 1 saturated heterocycles. The van der Waals surface area contributed by atoms with Crippen LogP contribution in [0.25, 0.3) is 11.0 Å². The first-order valence-electron chi connectivity index (χ1n) is 11.5. The second kappa shape index (κ2) is 9.84. The standard InChI is InChI=1S/C26H25N5O4/c1-2-34-20-10-5-4-9-19(20)24(32)29-22-18-8-3-6-11-21(18)35-23(22)25(33)30-14-16-31(17-15-30)26-27-12-7-13-28-26/h3-13H,2,14-17H2,1H3,(H,29,32). The van der Waals surface area contributed by atoms with Crippen LogP contribution in [0.4, 0.5) is 11.6 Å². The maximum atomic E-state index is 13.5. The van der Waals surface area contributed by atoms with Gasteiger partial charge < -0.3 is 24.3 Å². The number of piperazine rings is 1. The second-order valence-electron chi connectivity index (χ2n) is 8.01. The van der Waals surface area contributed by atoms with E-state index in [1.54, 1.807) is 47.6 Å². The number of furan rings is 1. The van der Waals surface area contributed by atoms with E-state index in [2.05, 4.69) is 15.3 Å². The number of nitrogens with one attached hydrogen (secondary N) is 1. The molecular formula is C26H25N5O4. The number of hydrogen-bond acceptors (Lipinski definition) is 7.